The number of aliphatic carboxylic acids is 1. The number of amides is 1. The quantitative estimate of drug-likeness (QED) is 0.816. The zero-order valence-corrected chi connectivity index (χ0v) is 12.5. The Bertz CT molecular complexity index is 536. The molecule has 5 nitrogen and oxygen atoms in total. The van der Waals surface area contributed by atoms with Crippen molar-refractivity contribution < 1.29 is 19.8 Å². The summed E-state index contributed by atoms with van der Waals surface area (Å²) in [7, 11) is 0. The van der Waals surface area contributed by atoms with Gasteiger partial charge in [0.1, 0.15) is 0 Å². The Hall–Kier alpha value is -1.66. The molecule has 2 rings (SSSR count). The van der Waals surface area contributed by atoms with Gasteiger partial charge in [0.25, 0.3) is 5.91 Å². The summed E-state index contributed by atoms with van der Waals surface area (Å²) < 4.78 is 0. The van der Waals surface area contributed by atoms with Gasteiger partial charge in [-0.2, -0.15) is 0 Å². The summed E-state index contributed by atoms with van der Waals surface area (Å²) in [6, 6.07) is 1.72. The molecule has 1 atom stereocenters. The van der Waals surface area contributed by atoms with E-state index in [4.69, 9.17) is 10.2 Å². The lowest BCUT2D eigenvalue weighted by Crippen LogP contribution is -2.40. The number of aliphatic hydroxyl groups is 1. The number of hydrogen-bond donors (Lipinski definition) is 2. The monoisotopic (exact) mass is 309 g/mol. The Morgan fingerprint density at radius 3 is 3.00 bits per heavy atom. The highest BCUT2D eigenvalue weighted by Crippen LogP contribution is 2.23. The molecule has 0 radical (unpaired) electrons. The number of carbonyl (C=O) groups is 2. The van der Waals surface area contributed by atoms with Crippen LogP contribution in [0.4, 0.5) is 0 Å². The first kappa shape index (κ1) is 15.7. The molecule has 21 heavy (non-hydrogen) atoms. The molecule has 2 heterocycles. The predicted molar refractivity (Wildman–Crippen MR) is 81.3 cm³/mol. The summed E-state index contributed by atoms with van der Waals surface area (Å²) >= 11 is 1.36. The van der Waals surface area contributed by atoms with E-state index in [2.05, 4.69) is 0 Å². The second kappa shape index (κ2) is 7.38. The van der Waals surface area contributed by atoms with Crippen LogP contribution in [0.3, 0.4) is 0 Å². The molecule has 2 N–H and O–H groups in total. The molecule has 1 aromatic rings. The van der Waals surface area contributed by atoms with Crippen LogP contribution >= 0.6 is 11.3 Å². The Morgan fingerprint density at radius 1 is 1.48 bits per heavy atom. The Labute approximate surface area is 127 Å². The summed E-state index contributed by atoms with van der Waals surface area (Å²) in [5.41, 5.74) is 0.606. The average molecular weight is 309 g/mol. The van der Waals surface area contributed by atoms with Crippen LogP contribution < -0.4 is 0 Å². The summed E-state index contributed by atoms with van der Waals surface area (Å²) in [4.78, 5) is 25.5. The molecule has 1 saturated heterocycles. The Morgan fingerprint density at radius 2 is 2.29 bits per heavy atom. The fraction of sp³-hybridized carbons (Fsp3) is 0.467. The van der Waals surface area contributed by atoms with E-state index in [9.17, 15) is 9.59 Å². The minimum Gasteiger partial charge on any atom is -0.478 e. The number of carboxylic acids is 1. The number of carbonyl (C=O) groups excluding carboxylic acids is 1. The Kier molecular flexibility index (Phi) is 5.52. The zero-order chi connectivity index (χ0) is 15.2. The summed E-state index contributed by atoms with van der Waals surface area (Å²) in [5, 5.41) is 19.4. The molecule has 1 fully saturated rings. The zero-order valence-electron chi connectivity index (χ0n) is 11.7. The highest BCUT2D eigenvalue weighted by atomic mass is 32.1. The van der Waals surface area contributed by atoms with Gasteiger partial charge in [-0.1, -0.05) is 0 Å². The molecule has 1 aliphatic heterocycles. The summed E-state index contributed by atoms with van der Waals surface area (Å²) in [6.07, 6.45) is 5.32. The molecule has 0 saturated carbocycles. The molecule has 114 valence electrons. The van der Waals surface area contributed by atoms with Gasteiger partial charge >= 0.3 is 5.97 Å². The first-order chi connectivity index (χ1) is 10.1. The number of hydrogen-bond acceptors (Lipinski definition) is 4. The Balaban J connectivity index is 2.01. The van der Waals surface area contributed by atoms with Gasteiger partial charge in [0, 0.05) is 36.0 Å². The third-order valence-corrected chi connectivity index (χ3v) is 4.50. The number of carboxylic acid groups (broad SMARTS) is 1. The molecule has 1 aliphatic rings. The van der Waals surface area contributed by atoms with Crippen molar-refractivity contribution in [3.63, 3.8) is 0 Å². The van der Waals surface area contributed by atoms with E-state index in [0.29, 0.717) is 18.0 Å². The van der Waals surface area contributed by atoms with Gasteiger partial charge in [0.15, 0.2) is 0 Å². The summed E-state index contributed by atoms with van der Waals surface area (Å²) in [6.45, 7) is 1.60. The van der Waals surface area contributed by atoms with Crippen molar-refractivity contribution in [1.29, 1.82) is 0 Å². The standard InChI is InChI=1S/C15H19NO4S/c17-7-5-11-2-1-6-16(9-11)15(20)12-8-13(21-10-12)3-4-14(18)19/h3-4,8,10-11,17H,1-2,5-7,9H2,(H,18,19)/b4-3+. The van der Waals surface area contributed by atoms with Gasteiger partial charge in [-0.05, 0) is 37.3 Å². The highest BCUT2D eigenvalue weighted by molar-refractivity contribution is 7.11. The van der Waals surface area contributed by atoms with Crippen LogP contribution in [0, 0.1) is 5.92 Å². The van der Waals surface area contributed by atoms with Crippen LogP contribution in [0.5, 0.6) is 0 Å². The number of nitrogens with zero attached hydrogens (tertiary/aromatic N) is 1. The van der Waals surface area contributed by atoms with Crippen molar-refractivity contribution in [3.05, 3.63) is 28.0 Å². The van der Waals surface area contributed by atoms with E-state index < -0.39 is 5.97 Å². The van der Waals surface area contributed by atoms with Crippen LogP contribution in [0.15, 0.2) is 17.5 Å². The molecular weight excluding hydrogens is 290 g/mol. The van der Waals surface area contributed by atoms with Crippen molar-refractivity contribution in [2.24, 2.45) is 5.92 Å². The first-order valence-electron chi connectivity index (χ1n) is 7.00. The fourth-order valence-electron chi connectivity index (χ4n) is 2.56. The molecular formula is C15H19NO4S. The van der Waals surface area contributed by atoms with Gasteiger partial charge < -0.3 is 15.1 Å². The van der Waals surface area contributed by atoms with Crippen molar-refractivity contribution in [3.8, 4) is 0 Å². The third-order valence-electron chi connectivity index (χ3n) is 3.60. The van der Waals surface area contributed by atoms with Gasteiger partial charge in [-0.3, -0.25) is 4.79 Å². The smallest absolute Gasteiger partial charge is 0.328 e. The average Bonchev–Trinajstić information content (AvgIpc) is 2.94. The number of rotatable bonds is 5. The predicted octanol–water partition coefficient (Wildman–Crippen LogP) is 2.08. The van der Waals surface area contributed by atoms with Crippen molar-refractivity contribution >= 4 is 29.3 Å². The number of aliphatic hydroxyl groups excluding tert-OH is 1. The molecule has 0 aromatic carbocycles. The van der Waals surface area contributed by atoms with Crippen LogP contribution in [0.1, 0.15) is 34.5 Å². The summed E-state index contributed by atoms with van der Waals surface area (Å²) in [5.74, 6) is -0.638. The molecule has 1 unspecified atom stereocenters. The first-order valence-corrected chi connectivity index (χ1v) is 7.88. The van der Waals surface area contributed by atoms with Gasteiger partial charge in [-0.25, -0.2) is 4.79 Å². The maximum absolute atomic E-state index is 12.4. The van der Waals surface area contributed by atoms with E-state index >= 15 is 0 Å². The SMILES string of the molecule is O=C(O)/C=C/c1cc(C(=O)N2CCCC(CCO)C2)cs1. The maximum Gasteiger partial charge on any atom is 0.328 e. The van der Waals surface area contributed by atoms with Crippen molar-refractivity contribution in [2.45, 2.75) is 19.3 Å². The second-order valence-electron chi connectivity index (χ2n) is 5.18. The van der Waals surface area contributed by atoms with E-state index in [1.54, 1.807) is 11.4 Å². The molecule has 0 bridgehead atoms. The lowest BCUT2D eigenvalue weighted by Gasteiger charge is -2.32. The van der Waals surface area contributed by atoms with Crippen LogP contribution in [0.2, 0.25) is 0 Å². The van der Waals surface area contributed by atoms with E-state index in [-0.39, 0.29) is 12.5 Å². The topological polar surface area (TPSA) is 77.8 Å². The number of likely N-dealkylation sites (tertiary alicyclic amines) is 1. The fourth-order valence-corrected chi connectivity index (χ4v) is 3.33. The largest absolute Gasteiger partial charge is 0.478 e. The normalized spacial score (nSPS) is 19.1. The lowest BCUT2D eigenvalue weighted by molar-refractivity contribution is -0.131. The van der Waals surface area contributed by atoms with Gasteiger partial charge in [0.2, 0.25) is 0 Å². The van der Waals surface area contributed by atoms with Gasteiger partial charge in [0.05, 0.1) is 5.56 Å². The van der Waals surface area contributed by atoms with Crippen LogP contribution in [-0.4, -0.2) is 46.7 Å². The molecule has 0 aliphatic carbocycles. The number of piperidine rings is 1. The third kappa shape index (κ3) is 4.41. The maximum atomic E-state index is 12.4. The number of thiophene rings is 1. The van der Waals surface area contributed by atoms with Gasteiger partial charge in [-0.15, -0.1) is 11.3 Å². The van der Waals surface area contributed by atoms with Crippen LogP contribution in [-0.2, 0) is 4.79 Å². The molecule has 0 spiro atoms. The molecule has 6 heteroatoms. The lowest BCUT2D eigenvalue weighted by atomic mass is 9.95. The van der Waals surface area contributed by atoms with Crippen LogP contribution in [0.25, 0.3) is 6.08 Å². The van der Waals surface area contributed by atoms with E-state index in [1.165, 1.54) is 17.4 Å². The van der Waals surface area contributed by atoms with E-state index in [0.717, 1.165) is 36.8 Å². The molecule has 1 amide bonds. The van der Waals surface area contributed by atoms with Crippen molar-refractivity contribution in [2.75, 3.05) is 19.7 Å². The molecule has 1 aromatic heterocycles. The minimum atomic E-state index is -1.00. The minimum absolute atomic E-state index is 0.0103. The van der Waals surface area contributed by atoms with E-state index in [1.807, 2.05) is 4.90 Å². The second-order valence-corrected chi connectivity index (χ2v) is 6.12. The highest BCUT2D eigenvalue weighted by Gasteiger charge is 2.24. The van der Waals surface area contributed by atoms with Crippen molar-refractivity contribution in [1.82, 2.24) is 4.90 Å².